The number of aromatic nitrogens is 1. The third kappa shape index (κ3) is 3.06. The minimum absolute atomic E-state index is 0.139. The van der Waals surface area contributed by atoms with Crippen LogP contribution in [0.25, 0.3) is 10.8 Å². The Kier molecular flexibility index (Phi) is 4.25. The summed E-state index contributed by atoms with van der Waals surface area (Å²) in [4.78, 5) is 20.2. The zero-order valence-electron chi connectivity index (χ0n) is 15.4. The molecule has 0 radical (unpaired) electrons. The van der Waals surface area contributed by atoms with Gasteiger partial charge in [-0.05, 0) is 42.7 Å². The first kappa shape index (κ1) is 16.6. The second-order valence-corrected chi connectivity index (χ2v) is 7.98. The number of piperidine rings is 1. The molecule has 0 spiro atoms. The molecule has 2 aromatic carbocycles. The summed E-state index contributed by atoms with van der Waals surface area (Å²) in [5, 5.41) is 2.09. The molecule has 2 aliphatic heterocycles. The summed E-state index contributed by atoms with van der Waals surface area (Å²) in [5.41, 5.74) is 2.22. The minimum Gasteiger partial charge on any atom is -0.294 e. The van der Waals surface area contributed by atoms with Crippen LogP contribution in [0.15, 0.2) is 67.0 Å². The van der Waals surface area contributed by atoms with E-state index in [4.69, 9.17) is 0 Å². The molecule has 2 bridgehead atoms. The average molecular weight is 356 g/mol. The molecule has 2 atom stereocenters. The summed E-state index contributed by atoms with van der Waals surface area (Å²) in [6, 6.07) is 19.8. The van der Waals surface area contributed by atoms with Crippen molar-refractivity contribution in [1.82, 2.24) is 9.88 Å². The van der Waals surface area contributed by atoms with Crippen molar-refractivity contribution in [3.8, 4) is 0 Å². The fourth-order valence-corrected chi connectivity index (χ4v) is 5.09. The van der Waals surface area contributed by atoms with E-state index in [9.17, 15) is 4.79 Å². The highest BCUT2D eigenvalue weighted by atomic mass is 16.1. The van der Waals surface area contributed by atoms with Crippen LogP contribution >= 0.6 is 0 Å². The van der Waals surface area contributed by atoms with Gasteiger partial charge in [-0.2, -0.15) is 0 Å². The van der Waals surface area contributed by atoms with Crippen LogP contribution in [0.1, 0.15) is 41.6 Å². The minimum atomic E-state index is 0.139. The number of ketones is 1. The molecule has 3 nitrogen and oxygen atoms in total. The molecule has 0 saturated carbocycles. The summed E-state index contributed by atoms with van der Waals surface area (Å²) >= 11 is 0. The Morgan fingerprint density at radius 1 is 0.963 bits per heavy atom. The highest BCUT2D eigenvalue weighted by molar-refractivity contribution is 6.08. The number of fused-ring (bicyclic) bond motifs is 3. The van der Waals surface area contributed by atoms with E-state index in [-0.39, 0.29) is 5.92 Å². The Hall–Kier alpha value is -2.52. The third-order valence-electron chi connectivity index (χ3n) is 6.41. The SMILES string of the molecule is O=C(c1cccc2ccncc12)C1CC2CCC(C1)N2Cc1ccccc1. The Morgan fingerprint density at radius 3 is 2.52 bits per heavy atom. The van der Waals surface area contributed by atoms with Crippen molar-refractivity contribution in [2.45, 2.75) is 44.3 Å². The monoisotopic (exact) mass is 356 g/mol. The van der Waals surface area contributed by atoms with Gasteiger partial charge in [0, 0.05) is 47.9 Å². The topological polar surface area (TPSA) is 33.2 Å². The fraction of sp³-hybridized carbons (Fsp3) is 0.333. The van der Waals surface area contributed by atoms with Crippen LogP contribution in [-0.4, -0.2) is 27.8 Å². The summed E-state index contributed by atoms with van der Waals surface area (Å²) < 4.78 is 0. The zero-order valence-corrected chi connectivity index (χ0v) is 15.4. The van der Waals surface area contributed by atoms with Gasteiger partial charge in [0.15, 0.2) is 5.78 Å². The number of carbonyl (C=O) groups excluding carboxylic acids is 1. The summed E-state index contributed by atoms with van der Waals surface area (Å²) in [6.45, 7) is 1.01. The van der Waals surface area contributed by atoms with E-state index in [0.29, 0.717) is 17.9 Å². The number of rotatable bonds is 4. The lowest BCUT2D eigenvalue weighted by Crippen LogP contribution is -2.44. The van der Waals surface area contributed by atoms with Gasteiger partial charge in [0.25, 0.3) is 0 Å². The van der Waals surface area contributed by atoms with Crippen molar-refractivity contribution in [3.05, 3.63) is 78.1 Å². The maximum atomic E-state index is 13.4. The Morgan fingerprint density at radius 2 is 1.74 bits per heavy atom. The van der Waals surface area contributed by atoms with Gasteiger partial charge in [-0.25, -0.2) is 0 Å². The maximum absolute atomic E-state index is 13.4. The standard InChI is InChI=1S/C24H24N2O/c27-24(22-8-4-7-18-11-12-25-15-23(18)22)19-13-20-9-10-21(14-19)26(20)16-17-5-2-1-3-6-17/h1-8,11-12,15,19-21H,9-10,13-14,16H2. The molecule has 3 aromatic rings. The number of pyridine rings is 1. The lowest BCUT2D eigenvalue weighted by molar-refractivity contribution is 0.0679. The second kappa shape index (κ2) is 6.90. The van der Waals surface area contributed by atoms with Gasteiger partial charge in [-0.15, -0.1) is 0 Å². The molecule has 27 heavy (non-hydrogen) atoms. The van der Waals surface area contributed by atoms with Gasteiger partial charge >= 0.3 is 0 Å². The van der Waals surface area contributed by atoms with E-state index in [1.165, 1.54) is 18.4 Å². The molecule has 5 rings (SSSR count). The predicted molar refractivity (Wildman–Crippen MR) is 108 cm³/mol. The predicted octanol–water partition coefficient (Wildman–Crippen LogP) is 4.86. The summed E-state index contributed by atoms with van der Waals surface area (Å²) in [5.74, 6) is 0.449. The van der Waals surface area contributed by atoms with Crippen LogP contribution in [-0.2, 0) is 6.54 Å². The van der Waals surface area contributed by atoms with E-state index >= 15 is 0 Å². The van der Waals surface area contributed by atoms with Crippen molar-refractivity contribution < 1.29 is 4.79 Å². The van der Waals surface area contributed by atoms with Crippen molar-refractivity contribution in [1.29, 1.82) is 0 Å². The van der Waals surface area contributed by atoms with Crippen molar-refractivity contribution >= 4 is 16.6 Å². The van der Waals surface area contributed by atoms with Crippen LogP contribution in [0.2, 0.25) is 0 Å². The van der Waals surface area contributed by atoms with Gasteiger partial charge < -0.3 is 0 Å². The highest BCUT2D eigenvalue weighted by Crippen LogP contribution is 2.41. The summed E-state index contributed by atoms with van der Waals surface area (Å²) in [7, 11) is 0. The Labute approximate surface area is 160 Å². The van der Waals surface area contributed by atoms with Crippen molar-refractivity contribution in [2.75, 3.05) is 0 Å². The van der Waals surface area contributed by atoms with E-state index < -0.39 is 0 Å². The molecule has 0 aliphatic carbocycles. The first-order chi connectivity index (χ1) is 13.3. The van der Waals surface area contributed by atoms with Gasteiger partial charge in [0.2, 0.25) is 0 Å². The fourth-order valence-electron chi connectivity index (χ4n) is 5.09. The number of nitrogens with zero attached hydrogens (tertiary/aromatic N) is 2. The van der Waals surface area contributed by atoms with Crippen molar-refractivity contribution in [2.24, 2.45) is 5.92 Å². The normalized spacial score (nSPS) is 25.0. The number of carbonyl (C=O) groups is 1. The number of benzene rings is 2. The molecule has 2 unspecified atom stereocenters. The molecule has 0 amide bonds. The van der Waals surface area contributed by atoms with Gasteiger partial charge in [-0.3, -0.25) is 14.7 Å². The van der Waals surface area contributed by atoms with Crippen LogP contribution in [0.5, 0.6) is 0 Å². The van der Waals surface area contributed by atoms with E-state index in [1.54, 1.807) is 6.20 Å². The van der Waals surface area contributed by atoms with Crippen LogP contribution in [0.3, 0.4) is 0 Å². The smallest absolute Gasteiger partial charge is 0.166 e. The maximum Gasteiger partial charge on any atom is 0.166 e. The van der Waals surface area contributed by atoms with Gasteiger partial charge in [0.1, 0.15) is 0 Å². The number of Topliss-reactive ketones (excluding diaryl/α,β-unsaturated/α-hetero) is 1. The van der Waals surface area contributed by atoms with E-state index in [0.717, 1.165) is 35.7 Å². The lowest BCUT2D eigenvalue weighted by atomic mass is 9.83. The molecule has 1 aromatic heterocycles. The average Bonchev–Trinajstić information content (AvgIpc) is 2.95. The molecular weight excluding hydrogens is 332 g/mol. The third-order valence-corrected chi connectivity index (χ3v) is 6.41. The zero-order chi connectivity index (χ0) is 18.2. The Balaban J connectivity index is 1.37. The largest absolute Gasteiger partial charge is 0.294 e. The second-order valence-electron chi connectivity index (χ2n) is 7.98. The van der Waals surface area contributed by atoms with Gasteiger partial charge in [0.05, 0.1) is 0 Å². The van der Waals surface area contributed by atoms with E-state index in [1.807, 2.05) is 24.4 Å². The van der Waals surface area contributed by atoms with Gasteiger partial charge in [-0.1, -0.05) is 48.5 Å². The first-order valence-electron chi connectivity index (χ1n) is 9.96. The molecule has 2 fully saturated rings. The summed E-state index contributed by atoms with van der Waals surface area (Å²) in [6.07, 6.45) is 8.04. The lowest BCUT2D eigenvalue weighted by Gasteiger charge is -2.38. The van der Waals surface area contributed by atoms with E-state index in [2.05, 4.69) is 46.3 Å². The molecular formula is C24H24N2O. The molecule has 136 valence electrons. The van der Waals surface area contributed by atoms with Crippen LogP contribution in [0.4, 0.5) is 0 Å². The molecule has 2 aliphatic rings. The molecule has 0 N–H and O–H groups in total. The Bertz CT molecular complexity index is 949. The number of hydrogen-bond donors (Lipinski definition) is 0. The van der Waals surface area contributed by atoms with Crippen molar-refractivity contribution in [3.63, 3.8) is 0 Å². The molecule has 3 heterocycles. The quantitative estimate of drug-likeness (QED) is 0.626. The molecule has 2 saturated heterocycles. The first-order valence-corrected chi connectivity index (χ1v) is 9.96. The van der Waals surface area contributed by atoms with Crippen LogP contribution in [0, 0.1) is 5.92 Å². The highest BCUT2D eigenvalue weighted by Gasteiger charge is 2.42. The molecule has 3 heteroatoms. The van der Waals surface area contributed by atoms with Crippen LogP contribution < -0.4 is 0 Å². The number of hydrogen-bond acceptors (Lipinski definition) is 3.